The predicted octanol–water partition coefficient (Wildman–Crippen LogP) is 5.66. The van der Waals surface area contributed by atoms with Gasteiger partial charge in [0.1, 0.15) is 21.2 Å². The Hall–Kier alpha value is -1.28. The molecule has 0 saturated heterocycles. The molecule has 3 nitrogen and oxygen atoms in total. The van der Waals surface area contributed by atoms with Gasteiger partial charge in [-0.05, 0) is 36.3 Å². The molecule has 1 aliphatic carbocycles. The van der Waals surface area contributed by atoms with Gasteiger partial charge in [0.15, 0.2) is 0 Å². The molecule has 120 valence electrons. The Labute approximate surface area is 155 Å². The van der Waals surface area contributed by atoms with E-state index in [4.69, 9.17) is 4.98 Å². The maximum absolute atomic E-state index is 4.77. The summed E-state index contributed by atoms with van der Waals surface area (Å²) in [5.74, 6) is 0.859. The number of thiophene rings is 2. The van der Waals surface area contributed by atoms with Crippen LogP contribution in [-0.4, -0.2) is 15.0 Å². The molecule has 4 aromatic heterocycles. The molecule has 0 fully saturated rings. The molecule has 4 heterocycles. The van der Waals surface area contributed by atoms with Crippen molar-refractivity contribution < 1.29 is 0 Å². The Morgan fingerprint density at radius 1 is 1.17 bits per heavy atom. The second-order valence-corrected chi connectivity index (χ2v) is 9.35. The zero-order valence-corrected chi connectivity index (χ0v) is 16.0. The highest BCUT2D eigenvalue weighted by atomic mass is 32.2. The summed E-state index contributed by atoms with van der Waals surface area (Å²) >= 11 is 7.07. The topological polar surface area (TPSA) is 38.7 Å². The number of thioether (sulfide) groups is 1. The minimum absolute atomic E-state index is 0.859. The van der Waals surface area contributed by atoms with Crippen molar-refractivity contribution in [1.82, 2.24) is 15.0 Å². The Morgan fingerprint density at radius 2 is 2.17 bits per heavy atom. The van der Waals surface area contributed by atoms with Gasteiger partial charge in [0.2, 0.25) is 0 Å². The second-order valence-electron chi connectivity index (χ2n) is 5.66. The van der Waals surface area contributed by atoms with E-state index in [0.717, 1.165) is 26.3 Å². The van der Waals surface area contributed by atoms with Gasteiger partial charge >= 0.3 is 0 Å². The normalized spacial score (nSPS) is 13.7. The van der Waals surface area contributed by atoms with E-state index in [0.29, 0.717) is 0 Å². The number of hydrogen-bond acceptors (Lipinski definition) is 7. The zero-order valence-electron chi connectivity index (χ0n) is 12.7. The third-order valence-corrected chi connectivity index (χ3v) is 7.99. The average molecular weight is 388 g/mol. The molecule has 5 rings (SSSR count). The van der Waals surface area contributed by atoms with E-state index >= 15 is 0 Å². The maximum atomic E-state index is 4.77. The molecule has 0 N–H and O–H groups in total. The van der Waals surface area contributed by atoms with E-state index in [9.17, 15) is 0 Å². The lowest BCUT2D eigenvalue weighted by atomic mass is 10.2. The van der Waals surface area contributed by atoms with Crippen LogP contribution in [0.3, 0.4) is 0 Å². The van der Waals surface area contributed by atoms with Crippen molar-refractivity contribution in [3.8, 4) is 10.6 Å². The lowest BCUT2D eigenvalue weighted by Crippen LogP contribution is -1.88. The van der Waals surface area contributed by atoms with Crippen LogP contribution in [0.15, 0.2) is 33.6 Å². The highest BCUT2D eigenvalue weighted by Crippen LogP contribution is 2.40. The van der Waals surface area contributed by atoms with E-state index in [-0.39, 0.29) is 0 Å². The first-order valence-corrected chi connectivity index (χ1v) is 11.4. The SMILES string of the molecule is c1nc(SCc2csc(-c3ccsc3)n2)c2c3c(sc2n1)CCC3. The second kappa shape index (κ2) is 6.22. The van der Waals surface area contributed by atoms with Crippen molar-refractivity contribution in [2.75, 3.05) is 0 Å². The van der Waals surface area contributed by atoms with E-state index in [1.807, 2.05) is 11.3 Å². The molecule has 0 spiro atoms. The molecule has 0 atom stereocenters. The average Bonchev–Trinajstić information content (AvgIpc) is 3.34. The minimum atomic E-state index is 0.859. The minimum Gasteiger partial charge on any atom is -0.240 e. The molecule has 0 radical (unpaired) electrons. The molecule has 24 heavy (non-hydrogen) atoms. The number of hydrogen-bond donors (Lipinski definition) is 0. The fourth-order valence-corrected chi connectivity index (χ4v) is 6.89. The largest absolute Gasteiger partial charge is 0.240 e. The van der Waals surface area contributed by atoms with Crippen LogP contribution in [0.2, 0.25) is 0 Å². The first-order chi connectivity index (χ1) is 11.9. The smallest absolute Gasteiger partial charge is 0.128 e. The highest BCUT2D eigenvalue weighted by molar-refractivity contribution is 7.98. The van der Waals surface area contributed by atoms with Gasteiger partial charge in [0.05, 0.1) is 5.69 Å². The lowest BCUT2D eigenvalue weighted by molar-refractivity contribution is 0.915. The van der Waals surface area contributed by atoms with E-state index in [1.165, 1.54) is 40.7 Å². The monoisotopic (exact) mass is 387 g/mol. The standard InChI is InChI=1S/C17H13N3S4/c1-2-12-13(3-1)24-17-14(12)16(18-9-19-17)23-8-11-7-22-15(20-11)10-4-5-21-6-10/h4-7,9H,1-3,8H2. The summed E-state index contributed by atoms with van der Waals surface area (Å²) < 4.78 is 0. The number of aryl methyl sites for hydroxylation is 2. The molecule has 0 amide bonds. The van der Waals surface area contributed by atoms with Gasteiger partial charge in [0.25, 0.3) is 0 Å². The van der Waals surface area contributed by atoms with Crippen LogP contribution in [0.5, 0.6) is 0 Å². The highest BCUT2D eigenvalue weighted by Gasteiger charge is 2.21. The summed E-state index contributed by atoms with van der Waals surface area (Å²) in [5.41, 5.74) is 3.85. The molecule has 4 aromatic rings. The number of rotatable bonds is 4. The maximum Gasteiger partial charge on any atom is 0.128 e. The number of thiazole rings is 1. The molecule has 7 heteroatoms. The molecule has 0 unspecified atom stereocenters. The van der Waals surface area contributed by atoms with Gasteiger partial charge in [-0.3, -0.25) is 0 Å². The summed E-state index contributed by atoms with van der Waals surface area (Å²) in [6, 6.07) is 2.13. The molecule has 0 bridgehead atoms. The molecular formula is C17H13N3S4. The van der Waals surface area contributed by atoms with Crippen LogP contribution in [-0.2, 0) is 18.6 Å². The lowest BCUT2D eigenvalue weighted by Gasteiger charge is -2.02. The summed E-state index contributed by atoms with van der Waals surface area (Å²) in [7, 11) is 0. The van der Waals surface area contributed by atoms with Gasteiger partial charge in [-0.15, -0.1) is 22.7 Å². The van der Waals surface area contributed by atoms with Crippen molar-refractivity contribution >= 4 is 56.0 Å². The Bertz CT molecular complexity index is 1000. The third kappa shape index (κ3) is 2.60. The predicted molar refractivity (Wildman–Crippen MR) is 104 cm³/mol. The number of aromatic nitrogens is 3. The van der Waals surface area contributed by atoms with Crippen molar-refractivity contribution in [2.24, 2.45) is 0 Å². The number of fused-ring (bicyclic) bond motifs is 3. The molecule has 0 aliphatic heterocycles. The van der Waals surface area contributed by atoms with E-state index in [1.54, 1.807) is 40.8 Å². The van der Waals surface area contributed by atoms with Crippen LogP contribution < -0.4 is 0 Å². The third-order valence-electron chi connectivity index (χ3n) is 4.14. The van der Waals surface area contributed by atoms with Crippen LogP contribution in [0.4, 0.5) is 0 Å². The first-order valence-electron chi connectivity index (χ1n) is 7.73. The van der Waals surface area contributed by atoms with Gasteiger partial charge < -0.3 is 0 Å². The van der Waals surface area contributed by atoms with Crippen molar-refractivity contribution in [3.05, 3.63) is 44.7 Å². The fourth-order valence-electron chi connectivity index (χ4n) is 3.04. The summed E-state index contributed by atoms with van der Waals surface area (Å²) in [4.78, 5) is 16.5. The van der Waals surface area contributed by atoms with Crippen molar-refractivity contribution in [2.45, 2.75) is 30.0 Å². The van der Waals surface area contributed by atoms with Crippen LogP contribution >= 0.6 is 45.8 Å². The first kappa shape index (κ1) is 15.0. The van der Waals surface area contributed by atoms with Crippen LogP contribution in [0, 0.1) is 0 Å². The molecule has 0 saturated carbocycles. The van der Waals surface area contributed by atoms with Crippen molar-refractivity contribution in [1.29, 1.82) is 0 Å². The van der Waals surface area contributed by atoms with Gasteiger partial charge in [-0.25, -0.2) is 15.0 Å². The quantitative estimate of drug-likeness (QED) is 0.335. The Morgan fingerprint density at radius 3 is 3.08 bits per heavy atom. The summed E-state index contributed by atoms with van der Waals surface area (Å²) in [6.07, 6.45) is 5.35. The van der Waals surface area contributed by atoms with E-state index in [2.05, 4.69) is 32.2 Å². The van der Waals surface area contributed by atoms with Gasteiger partial charge in [-0.1, -0.05) is 11.8 Å². The van der Waals surface area contributed by atoms with Gasteiger partial charge in [0, 0.05) is 32.3 Å². The zero-order chi connectivity index (χ0) is 15.9. The molecule has 0 aromatic carbocycles. The van der Waals surface area contributed by atoms with E-state index < -0.39 is 0 Å². The molecular weight excluding hydrogens is 374 g/mol. The summed E-state index contributed by atoms with van der Waals surface area (Å²) in [5, 5.41) is 9.93. The fraction of sp³-hybridized carbons (Fsp3) is 0.235. The van der Waals surface area contributed by atoms with Crippen LogP contribution in [0.1, 0.15) is 22.6 Å². The Kier molecular flexibility index (Phi) is 3.89. The molecule has 1 aliphatic rings. The van der Waals surface area contributed by atoms with Crippen LogP contribution in [0.25, 0.3) is 20.8 Å². The van der Waals surface area contributed by atoms with Crippen molar-refractivity contribution in [3.63, 3.8) is 0 Å². The number of nitrogens with zero attached hydrogens (tertiary/aromatic N) is 3. The Balaban J connectivity index is 1.42. The van der Waals surface area contributed by atoms with Gasteiger partial charge in [-0.2, -0.15) is 11.3 Å². The summed E-state index contributed by atoms with van der Waals surface area (Å²) in [6.45, 7) is 0.